The number of nitrogens with zero attached hydrogens (tertiary/aromatic N) is 1. The number of rotatable bonds is 38. The van der Waals surface area contributed by atoms with Crippen LogP contribution in [0, 0.1) is 0 Å². The van der Waals surface area contributed by atoms with Gasteiger partial charge in [0.15, 0.2) is 6.10 Å². The molecule has 11 heteroatoms. The van der Waals surface area contributed by atoms with E-state index in [1.165, 1.54) is 57.8 Å². The van der Waals surface area contributed by atoms with E-state index < -0.39 is 32.5 Å². The summed E-state index contributed by atoms with van der Waals surface area (Å²) in [6.45, 7) is 3.89. The predicted octanol–water partition coefficient (Wildman–Crippen LogP) is 10.9. The molecule has 0 aromatic rings. The number of phosphoric acid groups is 1. The molecule has 0 radical (unpaired) electrons. The molecule has 0 spiro atoms. The molecule has 0 rings (SSSR count). The van der Waals surface area contributed by atoms with Crippen LogP contribution in [0.4, 0.5) is 0 Å². The molecule has 0 heterocycles. The molecule has 0 saturated carbocycles. The van der Waals surface area contributed by atoms with Crippen LogP contribution >= 0.6 is 7.82 Å². The molecule has 0 fully saturated rings. The maximum Gasteiger partial charge on any atom is 0.472 e. The number of esters is 2. The Morgan fingerprint density at radius 1 is 0.636 bits per heavy atom. The minimum atomic E-state index is -4.39. The Kier molecular flexibility index (Phi) is 34.9. The van der Waals surface area contributed by atoms with E-state index in [-0.39, 0.29) is 32.2 Å². The minimum absolute atomic E-state index is 0.0175. The Labute approximate surface area is 336 Å². The van der Waals surface area contributed by atoms with Crippen molar-refractivity contribution >= 4 is 19.8 Å². The third kappa shape index (κ3) is 41.4. The maximum absolute atomic E-state index is 12.7. The number of quaternary nitrogens is 1. The van der Waals surface area contributed by atoms with Crippen molar-refractivity contribution in [3.8, 4) is 0 Å². The Morgan fingerprint density at radius 3 is 1.62 bits per heavy atom. The fourth-order valence-electron chi connectivity index (χ4n) is 5.49. The molecule has 0 saturated heterocycles. The average Bonchev–Trinajstić information content (AvgIpc) is 3.11. The number of hydrogen-bond donors (Lipinski definition) is 2. The monoisotopic (exact) mass is 799 g/mol. The number of carbonyl (C=O) groups is 2. The Balaban J connectivity index is 4.46. The van der Waals surface area contributed by atoms with Gasteiger partial charge in [0.05, 0.1) is 33.9 Å². The van der Waals surface area contributed by atoms with Crippen LogP contribution in [-0.4, -0.2) is 86.1 Å². The smallest absolute Gasteiger partial charge is 0.462 e. The zero-order valence-corrected chi connectivity index (χ0v) is 36.4. The molecule has 0 bridgehead atoms. The maximum atomic E-state index is 12.7. The molecule has 0 aliphatic rings. The lowest BCUT2D eigenvalue weighted by molar-refractivity contribution is -0.870. The van der Waals surface area contributed by atoms with E-state index in [0.717, 1.165) is 64.2 Å². The molecular weight excluding hydrogens is 717 g/mol. The third-order valence-electron chi connectivity index (χ3n) is 8.88. The van der Waals surface area contributed by atoms with Gasteiger partial charge in [0, 0.05) is 12.8 Å². The van der Waals surface area contributed by atoms with Gasteiger partial charge in [-0.2, -0.15) is 0 Å². The fraction of sp³-hybridized carbons (Fsp3) is 0.773. The van der Waals surface area contributed by atoms with Crippen LogP contribution in [-0.2, 0) is 32.7 Å². The lowest BCUT2D eigenvalue weighted by Gasteiger charge is -2.24. The zero-order valence-electron chi connectivity index (χ0n) is 35.5. The first kappa shape index (κ1) is 52.9. The number of phosphoric ester groups is 1. The van der Waals surface area contributed by atoms with Gasteiger partial charge >= 0.3 is 19.8 Å². The lowest BCUT2D eigenvalue weighted by atomic mass is 10.0. The van der Waals surface area contributed by atoms with E-state index in [1.54, 1.807) is 0 Å². The third-order valence-corrected chi connectivity index (χ3v) is 9.86. The first-order valence-electron chi connectivity index (χ1n) is 21.4. The summed E-state index contributed by atoms with van der Waals surface area (Å²) in [4.78, 5) is 35.3. The van der Waals surface area contributed by atoms with Crippen LogP contribution in [0.25, 0.3) is 0 Å². The predicted molar refractivity (Wildman–Crippen MR) is 226 cm³/mol. The van der Waals surface area contributed by atoms with Crippen LogP contribution in [0.1, 0.15) is 162 Å². The van der Waals surface area contributed by atoms with Gasteiger partial charge in [-0.3, -0.25) is 18.6 Å². The number of aliphatic hydroxyl groups excluding tert-OH is 1. The van der Waals surface area contributed by atoms with Crippen molar-refractivity contribution < 1.29 is 47.2 Å². The highest BCUT2D eigenvalue weighted by atomic mass is 31.2. The fourth-order valence-corrected chi connectivity index (χ4v) is 6.24. The number of unbranched alkanes of at least 4 members (excludes halogenated alkanes) is 14. The molecule has 320 valence electrons. The first-order valence-corrected chi connectivity index (χ1v) is 22.9. The summed E-state index contributed by atoms with van der Waals surface area (Å²) in [5.74, 6) is -0.881. The van der Waals surface area contributed by atoms with Gasteiger partial charge in [-0.05, 0) is 64.7 Å². The molecule has 10 nitrogen and oxygen atoms in total. The van der Waals surface area contributed by atoms with Crippen LogP contribution < -0.4 is 0 Å². The highest BCUT2D eigenvalue weighted by Gasteiger charge is 2.27. The normalized spacial score (nSPS) is 14.7. The molecule has 0 aliphatic heterocycles. The molecular formula is C44H81NO9P+. The summed E-state index contributed by atoms with van der Waals surface area (Å²) < 4.78 is 34.2. The molecule has 1 unspecified atom stereocenters. The Morgan fingerprint density at radius 2 is 1.11 bits per heavy atom. The molecule has 55 heavy (non-hydrogen) atoms. The summed E-state index contributed by atoms with van der Waals surface area (Å²) in [5, 5.41) is 9.27. The molecule has 0 aromatic heterocycles. The second-order valence-electron chi connectivity index (χ2n) is 15.7. The first-order chi connectivity index (χ1) is 26.3. The SMILES string of the molecule is CCCCCCCCCCCCCCCC(=O)O[C@H](COC(=O)CCC/C=C\C/C=C\C/C=C\C/C=C\CCC[C@@H](C)O)COP(=O)(O)OCC[N+](C)(C)C. The van der Waals surface area contributed by atoms with Crippen molar-refractivity contribution in [2.24, 2.45) is 0 Å². The second kappa shape index (κ2) is 36.3. The van der Waals surface area contributed by atoms with Crippen LogP contribution in [0.15, 0.2) is 48.6 Å². The van der Waals surface area contributed by atoms with E-state index in [4.69, 9.17) is 18.5 Å². The van der Waals surface area contributed by atoms with Gasteiger partial charge < -0.3 is 24.0 Å². The van der Waals surface area contributed by atoms with Gasteiger partial charge in [-0.15, -0.1) is 0 Å². The van der Waals surface area contributed by atoms with E-state index in [2.05, 4.69) is 49.5 Å². The number of allylic oxidation sites excluding steroid dienone is 8. The van der Waals surface area contributed by atoms with Crippen molar-refractivity contribution in [1.82, 2.24) is 0 Å². The van der Waals surface area contributed by atoms with Crippen molar-refractivity contribution in [1.29, 1.82) is 0 Å². The summed E-state index contributed by atoms with van der Waals surface area (Å²) >= 11 is 0. The lowest BCUT2D eigenvalue weighted by Crippen LogP contribution is -2.37. The topological polar surface area (TPSA) is 129 Å². The minimum Gasteiger partial charge on any atom is -0.462 e. The zero-order chi connectivity index (χ0) is 40.9. The van der Waals surface area contributed by atoms with Crippen molar-refractivity contribution in [3.05, 3.63) is 48.6 Å². The molecule has 0 aliphatic carbocycles. The van der Waals surface area contributed by atoms with E-state index in [1.807, 2.05) is 34.1 Å². The molecule has 0 amide bonds. The van der Waals surface area contributed by atoms with Gasteiger partial charge in [0.2, 0.25) is 0 Å². The van der Waals surface area contributed by atoms with Crippen LogP contribution in [0.5, 0.6) is 0 Å². The highest BCUT2D eigenvalue weighted by Crippen LogP contribution is 2.43. The van der Waals surface area contributed by atoms with Crippen LogP contribution in [0.2, 0.25) is 0 Å². The highest BCUT2D eigenvalue weighted by molar-refractivity contribution is 7.47. The standard InChI is InChI=1S/C44H80NO9P/c1-6-7-8-9-10-11-12-16-21-24-27-30-33-36-44(48)54-42(40-53-55(49,50)52-38-37-45(3,4)5)39-51-43(47)35-32-29-26-23-20-18-15-13-14-17-19-22-25-28-31-34-41(2)46/h14-15,17-18,22-23,25-26,41-42,46H,6-13,16,19-21,24,27-40H2,1-5H3/p+1/b17-14-,18-15-,25-22-,26-23-/t41-,42-/m1/s1. The average molecular weight is 799 g/mol. The quantitative estimate of drug-likeness (QED) is 0.0206. The van der Waals surface area contributed by atoms with Crippen LogP contribution in [0.3, 0.4) is 0 Å². The molecule has 3 atom stereocenters. The summed E-state index contributed by atoms with van der Waals surface area (Å²) in [6.07, 6.45) is 38.7. The van der Waals surface area contributed by atoms with Crippen molar-refractivity contribution in [2.75, 3.05) is 47.5 Å². The van der Waals surface area contributed by atoms with E-state index in [0.29, 0.717) is 23.9 Å². The summed E-state index contributed by atoms with van der Waals surface area (Å²) in [5.41, 5.74) is 0. The van der Waals surface area contributed by atoms with Gasteiger partial charge in [0.25, 0.3) is 0 Å². The van der Waals surface area contributed by atoms with Crippen molar-refractivity contribution in [3.63, 3.8) is 0 Å². The summed E-state index contributed by atoms with van der Waals surface area (Å²) in [7, 11) is 1.43. The van der Waals surface area contributed by atoms with Crippen molar-refractivity contribution in [2.45, 2.75) is 174 Å². The van der Waals surface area contributed by atoms with Gasteiger partial charge in [0.1, 0.15) is 19.8 Å². The van der Waals surface area contributed by atoms with E-state index in [9.17, 15) is 24.2 Å². The van der Waals surface area contributed by atoms with Gasteiger partial charge in [-0.25, -0.2) is 4.57 Å². The van der Waals surface area contributed by atoms with Gasteiger partial charge in [-0.1, -0.05) is 133 Å². The second-order valence-corrected chi connectivity index (χ2v) is 17.1. The Bertz CT molecular complexity index is 1100. The molecule has 0 aromatic carbocycles. The number of hydrogen-bond acceptors (Lipinski definition) is 8. The Hall–Kier alpha value is -2.07. The largest absolute Gasteiger partial charge is 0.472 e. The van der Waals surface area contributed by atoms with E-state index >= 15 is 0 Å². The number of aliphatic hydroxyl groups is 1. The summed E-state index contributed by atoms with van der Waals surface area (Å²) in [6, 6.07) is 0. The number of carbonyl (C=O) groups excluding carboxylic acids is 2. The molecule has 2 N–H and O–H groups in total. The number of likely N-dealkylation sites (N-methyl/N-ethyl adjacent to an activating group) is 1. The number of ether oxygens (including phenoxy) is 2.